The molecule has 2 aromatic rings. The molecule has 0 radical (unpaired) electrons. The van der Waals surface area contributed by atoms with Crippen LogP contribution in [0.4, 0.5) is 23.2 Å². The van der Waals surface area contributed by atoms with E-state index in [1.54, 1.807) is 0 Å². The van der Waals surface area contributed by atoms with E-state index in [1.807, 2.05) is 0 Å². The van der Waals surface area contributed by atoms with Crippen molar-refractivity contribution in [1.29, 1.82) is 0 Å². The number of nitrogens with one attached hydrogen (secondary N) is 1. The van der Waals surface area contributed by atoms with Gasteiger partial charge in [0.25, 0.3) is 5.91 Å². The Kier molecular flexibility index (Phi) is 6.20. The van der Waals surface area contributed by atoms with Crippen molar-refractivity contribution in [3.8, 4) is 0 Å². The first-order chi connectivity index (χ1) is 15.5. The fraction of sp³-hybridized carbons (Fsp3) is 0.400. The van der Waals surface area contributed by atoms with Gasteiger partial charge in [0, 0.05) is 37.2 Å². The summed E-state index contributed by atoms with van der Waals surface area (Å²) < 4.78 is 78.1. The molecule has 2 heterocycles. The zero-order valence-electron chi connectivity index (χ0n) is 18.6. The molecule has 14 heteroatoms. The largest absolute Gasteiger partial charge is 0.419 e. The van der Waals surface area contributed by atoms with Crippen LogP contribution in [0.15, 0.2) is 35.6 Å². The van der Waals surface area contributed by atoms with E-state index in [9.17, 15) is 30.8 Å². The highest BCUT2D eigenvalue weighted by atomic mass is 32.2. The number of halogens is 4. The zero-order chi connectivity index (χ0) is 25.7. The normalized spacial score (nSPS) is 22.5. The molecule has 1 aliphatic rings. The summed E-state index contributed by atoms with van der Waals surface area (Å²) in [5, 5.41) is 2.39. The lowest BCUT2D eigenvalue weighted by Crippen LogP contribution is -2.50. The smallest absolute Gasteiger partial charge is 0.386 e. The highest BCUT2D eigenvalue weighted by Gasteiger charge is 2.48. The Morgan fingerprint density at radius 3 is 2.32 bits per heavy atom. The van der Waals surface area contributed by atoms with Gasteiger partial charge in [-0.25, -0.2) is 27.1 Å². The third-order valence-corrected chi connectivity index (χ3v) is 8.01. The number of benzene rings is 1. The van der Waals surface area contributed by atoms with Crippen molar-refractivity contribution in [3.63, 3.8) is 0 Å². The van der Waals surface area contributed by atoms with Crippen molar-refractivity contribution < 1.29 is 30.8 Å². The van der Waals surface area contributed by atoms with Gasteiger partial charge in [0.05, 0.1) is 5.56 Å². The van der Waals surface area contributed by atoms with Crippen molar-refractivity contribution in [1.82, 2.24) is 14.3 Å². The van der Waals surface area contributed by atoms with Gasteiger partial charge in [0.2, 0.25) is 15.8 Å². The van der Waals surface area contributed by atoms with Gasteiger partial charge < -0.3 is 11.1 Å². The number of rotatable bonds is 3. The van der Waals surface area contributed by atoms with Crippen LogP contribution in [-0.4, -0.2) is 52.8 Å². The summed E-state index contributed by atoms with van der Waals surface area (Å²) in [6.07, 6.45) is -3.72. The van der Waals surface area contributed by atoms with Crippen molar-refractivity contribution in [2.45, 2.75) is 37.2 Å². The first-order valence-corrected chi connectivity index (χ1v) is 11.3. The number of hydrogen-bond donors (Lipinski definition) is 2. The van der Waals surface area contributed by atoms with Crippen molar-refractivity contribution in [3.05, 3.63) is 53.4 Å². The van der Waals surface area contributed by atoms with Gasteiger partial charge in [-0.15, -0.1) is 0 Å². The number of anilines is 1. The summed E-state index contributed by atoms with van der Waals surface area (Å²) >= 11 is 0. The summed E-state index contributed by atoms with van der Waals surface area (Å²) in [4.78, 5) is 23.6. The summed E-state index contributed by atoms with van der Waals surface area (Å²) in [6.45, 7) is 4.03. The maximum Gasteiger partial charge on any atom is 0.419 e. The van der Waals surface area contributed by atoms with E-state index in [1.165, 1.54) is 40.0 Å². The molecule has 0 aliphatic carbocycles. The number of nitrogens with zero attached hydrogens (tertiary/aromatic N) is 4. The average molecular weight is 502 g/mol. The number of carbonyl (C=O) groups excluding carboxylic acids is 1. The van der Waals surface area contributed by atoms with Crippen LogP contribution in [0.25, 0.3) is 0 Å². The van der Waals surface area contributed by atoms with E-state index in [2.05, 4.69) is 20.3 Å². The SMILES string of the molecule is CN1CC(C)(c2cc(NC(=O)c3ncc(C(F)(F)F)cn3)ccc2F)N=C(N)C(C)(C)S1(=O)=O. The molecule has 3 N–H and O–H groups in total. The Hall–Kier alpha value is -3.13. The number of alkyl halides is 3. The third kappa shape index (κ3) is 4.46. The van der Waals surface area contributed by atoms with Crippen LogP contribution < -0.4 is 11.1 Å². The minimum Gasteiger partial charge on any atom is -0.386 e. The molecule has 0 saturated heterocycles. The Labute approximate surface area is 193 Å². The molecule has 0 fully saturated rings. The second kappa shape index (κ2) is 8.27. The molecular formula is C20H22F4N6O3S. The first kappa shape index (κ1) is 25.5. The van der Waals surface area contributed by atoms with Crippen LogP contribution in [0, 0.1) is 5.82 Å². The highest BCUT2D eigenvalue weighted by Crippen LogP contribution is 2.36. The van der Waals surface area contributed by atoms with Gasteiger partial charge in [-0.05, 0) is 39.0 Å². The highest BCUT2D eigenvalue weighted by molar-refractivity contribution is 7.91. The van der Waals surface area contributed by atoms with E-state index in [0.717, 1.165) is 10.4 Å². The van der Waals surface area contributed by atoms with Gasteiger partial charge in [-0.3, -0.25) is 9.79 Å². The molecule has 3 rings (SSSR count). The van der Waals surface area contributed by atoms with Gasteiger partial charge in [-0.1, -0.05) is 0 Å². The Morgan fingerprint density at radius 2 is 1.76 bits per heavy atom. The Bertz CT molecular complexity index is 1260. The molecule has 0 spiro atoms. The van der Waals surface area contributed by atoms with Gasteiger partial charge >= 0.3 is 6.18 Å². The van der Waals surface area contributed by atoms with E-state index in [4.69, 9.17) is 5.73 Å². The summed E-state index contributed by atoms with van der Waals surface area (Å²) in [5.41, 5.74) is 3.45. The molecule has 1 unspecified atom stereocenters. The van der Waals surface area contributed by atoms with Crippen LogP contribution >= 0.6 is 0 Å². The van der Waals surface area contributed by atoms with Crippen LogP contribution in [0.5, 0.6) is 0 Å². The number of amidine groups is 1. The van der Waals surface area contributed by atoms with Crippen molar-refractivity contribution in [2.24, 2.45) is 10.7 Å². The van der Waals surface area contributed by atoms with E-state index < -0.39 is 49.6 Å². The predicted octanol–water partition coefficient (Wildman–Crippen LogP) is 2.51. The van der Waals surface area contributed by atoms with E-state index in [0.29, 0.717) is 12.4 Å². The lowest BCUT2D eigenvalue weighted by Gasteiger charge is -2.29. The molecule has 1 atom stereocenters. The van der Waals surface area contributed by atoms with Crippen molar-refractivity contribution in [2.75, 3.05) is 18.9 Å². The minimum atomic E-state index is -4.66. The fourth-order valence-electron chi connectivity index (χ4n) is 3.42. The maximum atomic E-state index is 14.9. The maximum absolute atomic E-state index is 14.9. The molecule has 1 amide bonds. The molecule has 1 aromatic carbocycles. The Morgan fingerprint density at radius 1 is 1.18 bits per heavy atom. The van der Waals surface area contributed by atoms with Gasteiger partial charge in [0.1, 0.15) is 21.9 Å². The summed E-state index contributed by atoms with van der Waals surface area (Å²) in [6, 6.07) is 3.51. The minimum absolute atomic E-state index is 0.0543. The molecule has 34 heavy (non-hydrogen) atoms. The number of hydrogen-bond acceptors (Lipinski definition) is 7. The molecule has 1 aromatic heterocycles. The number of likely N-dealkylation sites (N-methyl/N-ethyl adjacent to an activating group) is 1. The Balaban J connectivity index is 1.96. The van der Waals surface area contributed by atoms with Crippen LogP contribution in [0.1, 0.15) is 42.5 Å². The second-order valence-electron chi connectivity index (χ2n) is 8.48. The van der Waals surface area contributed by atoms with E-state index >= 15 is 0 Å². The monoisotopic (exact) mass is 502 g/mol. The van der Waals surface area contributed by atoms with Crippen molar-refractivity contribution >= 4 is 27.5 Å². The summed E-state index contributed by atoms with van der Waals surface area (Å²) in [5.74, 6) is -2.41. The topological polar surface area (TPSA) is 131 Å². The molecule has 0 saturated carbocycles. The van der Waals surface area contributed by atoms with E-state index in [-0.39, 0.29) is 23.6 Å². The van der Waals surface area contributed by atoms with Gasteiger partial charge in [0.15, 0.2) is 0 Å². The number of amides is 1. The number of nitrogens with two attached hydrogens (primary N) is 1. The lowest BCUT2D eigenvalue weighted by molar-refractivity contribution is -0.138. The summed E-state index contributed by atoms with van der Waals surface area (Å²) in [7, 11) is -2.58. The van der Waals surface area contributed by atoms with Gasteiger partial charge in [-0.2, -0.15) is 13.2 Å². The molecule has 1 aliphatic heterocycles. The standard InChI is InChI=1S/C20H22F4N6O3S/c1-18(2)17(25)29-19(3,10-30(4)34(18,32)33)13-7-12(5-6-14(13)21)28-16(31)15-26-8-11(9-27-15)20(22,23)24/h5-9H,10H2,1-4H3,(H2,25,29)(H,28,31). The quantitative estimate of drug-likeness (QED) is 0.621. The van der Waals surface area contributed by atoms with Crippen LogP contribution in [0.2, 0.25) is 0 Å². The fourth-order valence-corrected chi connectivity index (χ4v) is 4.93. The lowest BCUT2D eigenvalue weighted by atomic mass is 9.91. The first-order valence-electron chi connectivity index (χ1n) is 9.81. The second-order valence-corrected chi connectivity index (χ2v) is 11.1. The molecule has 0 bridgehead atoms. The third-order valence-electron chi connectivity index (χ3n) is 5.56. The number of carbonyl (C=O) groups is 1. The zero-order valence-corrected chi connectivity index (χ0v) is 19.4. The molecule has 9 nitrogen and oxygen atoms in total. The van der Waals surface area contributed by atoms with Crippen LogP contribution in [-0.2, 0) is 21.7 Å². The average Bonchev–Trinajstić information content (AvgIpc) is 2.77. The predicted molar refractivity (Wildman–Crippen MR) is 116 cm³/mol. The number of aliphatic imine (C=N–C) groups is 1. The number of sulfonamides is 1. The molecular weight excluding hydrogens is 480 g/mol. The van der Waals surface area contributed by atoms with Crippen LogP contribution in [0.3, 0.4) is 0 Å². The number of aromatic nitrogens is 2. The molecule has 184 valence electrons.